The molecule has 4 rings (SSSR count). The van der Waals surface area contributed by atoms with Gasteiger partial charge in [0.05, 0.1) is 17.6 Å². The standard InChI is InChI=1S/C23H24N6O3S/c1-17-15-22(26-19-7-9-20(32-2)10-8-19)27-23(25-17)28-11-13-29(14-12-28)33(30,31)21-6-4-3-5-18(21)16-24/h3-10,15H,11-14H2,1-2H3,(H,25,26,27). The highest BCUT2D eigenvalue weighted by molar-refractivity contribution is 7.89. The number of benzene rings is 2. The molecule has 33 heavy (non-hydrogen) atoms. The number of nitrogens with one attached hydrogen (secondary N) is 1. The Hall–Kier alpha value is -3.68. The summed E-state index contributed by atoms with van der Waals surface area (Å²) in [5, 5.41) is 12.6. The second-order valence-electron chi connectivity index (χ2n) is 7.55. The summed E-state index contributed by atoms with van der Waals surface area (Å²) in [6.45, 7) is 3.34. The Balaban J connectivity index is 1.48. The van der Waals surface area contributed by atoms with Crippen molar-refractivity contribution in [3.63, 3.8) is 0 Å². The number of sulfonamides is 1. The van der Waals surface area contributed by atoms with Crippen LogP contribution in [0.2, 0.25) is 0 Å². The molecule has 1 aliphatic heterocycles. The fourth-order valence-electron chi connectivity index (χ4n) is 3.63. The quantitative estimate of drug-likeness (QED) is 0.593. The van der Waals surface area contributed by atoms with E-state index in [1.807, 2.05) is 48.2 Å². The van der Waals surface area contributed by atoms with E-state index in [-0.39, 0.29) is 23.5 Å². The third kappa shape index (κ3) is 4.89. The van der Waals surface area contributed by atoms with E-state index in [2.05, 4.69) is 15.3 Å². The molecule has 1 saturated heterocycles. The number of nitrogens with zero attached hydrogens (tertiary/aromatic N) is 5. The summed E-state index contributed by atoms with van der Waals surface area (Å²) in [6.07, 6.45) is 0. The van der Waals surface area contributed by atoms with Gasteiger partial charge in [0.15, 0.2) is 0 Å². The van der Waals surface area contributed by atoms with Gasteiger partial charge in [-0.2, -0.15) is 14.6 Å². The first kappa shape index (κ1) is 22.5. The molecule has 1 fully saturated rings. The first-order valence-electron chi connectivity index (χ1n) is 10.4. The van der Waals surface area contributed by atoms with Crippen molar-refractivity contribution < 1.29 is 13.2 Å². The molecule has 1 aliphatic rings. The molecule has 2 heterocycles. The van der Waals surface area contributed by atoms with Crippen molar-refractivity contribution in [2.24, 2.45) is 0 Å². The van der Waals surface area contributed by atoms with Gasteiger partial charge in [-0.1, -0.05) is 12.1 Å². The van der Waals surface area contributed by atoms with Crippen molar-refractivity contribution >= 4 is 27.5 Å². The number of piperazine rings is 1. The predicted molar refractivity (Wildman–Crippen MR) is 125 cm³/mol. The van der Waals surface area contributed by atoms with Crippen LogP contribution in [0.1, 0.15) is 11.3 Å². The van der Waals surface area contributed by atoms with Gasteiger partial charge in [-0.25, -0.2) is 13.4 Å². The highest BCUT2D eigenvalue weighted by atomic mass is 32.2. The van der Waals surface area contributed by atoms with Crippen LogP contribution in [0, 0.1) is 18.3 Å². The first-order chi connectivity index (χ1) is 15.9. The highest BCUT2D eigenvalue weighted by Crippen LogP contribution is 2.24. The average molecular weight is 465 g/mol. The molecule has 0 aliphatic carbocycles. The number of nitriles is 1. The summed E-state index contributed by atoms with van der Waals surface area (Å²) >= 11 is 0. The first-order valence-corrected chi connectivity index (χ1v) is 11.9. The molecule has 0 radical (unpaired) electrons. The second kappa shape index (κ2) is 9.44. The summed E-state index contributed by atoms with van der Waals surface area (Å²) in [4.78, 5) is 11.2. The van der Waals surface area contributed by atoms with Crippen molar-refractivity contribution in [3.05, 3.63) is 65.9 Å². The average Bonchev–Trinajstić information content (AvgIpc) is 2.84. The van der Waals surface area contributed by atoms with Gasteiger partial charge in [-0.3, -0.25) is 0 Å². The van der Waals surface area contributed by atoms with E-state index in [1.165, 1.54) is 16.4 Å². The van der Waals surface area contributed by atoms with Crippen molar-refractivity contribution in [2.45, 2.75) is 11.8 Å². The molecule has 2 aromatic carbocycles. The normalized spacial score (nSPS) is 14.5. The van der Waals surface area contributed by atoms with Crippen molar-refractivity contribution in [2.75, 3.05) is 43.5 Å². The third-order valence-corrected chi connectivity index (χ3v) is 7.31. The smallest absolute Gasteiger partial charge is 0.244 e. The maximum absolute atomic E-state index is 13.1. The number of hydrogen-bond donors (Lipinski definition) is 1. The molecule has 1 aromatic heterocycles. The van der Waals surface area contributed by atoms with Gasteiger partial charge in [0.2, 0.25) is 16.0 Å². The maximum atomic E-state index is 13.1. The van der Waals surface area contributed by atoms with Crippen LogP contribution < -0.4 is 15.0 Å². The van der Waals surface area contributed by atoms with Crippen LogP contribution in [-0.2, 0) is 10.0 Å². The maximum Gasteiger partial charge on any atom is 0.244 e. The summed E-state index contributed by atoms with van der Waals surface area (Å²) in [5.41, 5.74) is 1.82. The number of aromatic nitrogens is 2. The molecular formula is C23H24N6O3S. The minimum atomic E-state index is -3.75. The Morgan fingerprint density at radius 2 is 1.73 bits per heavy atom. The van der Waals surface area contributed by atoms with E-state index >= 15 is 0 Å². The van der Waals surface area contributed by atoms with E-state index in [0.29, 0.717) is 24.9 Å². The van der Waals surface area contributed by atoms with E-state index in [0.717, 1.165) is 17.1 Å². The molecule has 3 aromatic rings. The number of hydrogen-bond acceptors (Lipinski definition) is 8. The molecule has 0 spiro atoms. The minimum Gasteiger partial charge on any atom is -0.497 e. The summed E-state index contributed by atoms with van der Waals surface area (Å²) in [5.74, 6) is 1.96. The van der Waals surface area contributed by atoms with Gasteiger partial charge in [-0.05, 0) is 43.3 Å². The molecule has 0 atom stereocenters. The molecular weight excluding hydrogens is 440 g/mol. The molecule has 9 nitrogen and oxygen atoms in total. The molecule has 0 amide bonds. The number of ether oxygens (including phenoxy) is 1. The van der Waals surface area contributed by atoms with Gasteiger partial charge in [0.25, 0.3) is 0 Å². The zero-order valence-corrected chi connectivity index (χ0v) is 19.2. The third-order valence-electron chi connectivity index (χ3n) is 5.35. The van der Waals surface area contributed by atoms with E-state index in [9.17, 15) is 13.7 Å². The molecule has 0 bridgehead atoms. The second-order valence-corrected chi connectivity index (χ2v) is 9.45. The van der Waals surface area contributed by atoms with Crippen LogP contribution >= 0.6 is 0 Å². The number of rotatable bonds is 6. The fraction of sp³-hybridized carbons (Fsp3) is 0.261. The summed E-state index contributed by atoms with van der Waals surface area (Å²) in [7, 11) is -2.13. The number of aryl methyl sites for hydroxylation is 1. The van der Waals surface area contributed by atoms with Crippen molar-refractivity contribution in [3.8, 4) is 11.8 Å². The van der Waals surface area contributed by atoms with Gasteiger partial charge >= 0.3 is 0 Å². The van der Waals surface area contributed by atoms with Crippen molar-refractivity contribution in [1.82, 2.24) is 14.3 Å². The number of anilines is 3. The molecule has 0 unspecified atom stereocenters. The van der Waals surface area contributed by atoms with Crippen LogP contribution in [0.5, 0.6) is 5.75 Å². The lowest BCUT2D eigenvalue weighted by atomic mass is 10.2. The van der Waals surface area contributed by atoms with Crippen LogP contribution in [0.4, 0.5) is 17.5 Å². The number of methoxy groups -OCH3 is 1. The van der Waals surface area contributed by atoms with Crippen LogP contribution in [-0.4, -0.2) is 56.0 Å². The van der Waals surface area contributed by atoms with Gasteiger partial charge in [-0.15, -0.1) is 0 Å². The largest absolute Gasteiger partial charge is 0.497 e. The molecule has 10 heteroatoms. The predicted octanol–water partition coefficient (Wildman–Crippen LogP) is 2.92. The van der Waals surface area contributed by atoms with Crippen molar-refractivity contribution in [1.29, 1.82) is 5.26 Å². The van der Waals surface area contributed by atoms with Gasteiger partial charge in [0.1, 0.15) is 17.6 Å². The monoisotopic (exact) mass is 464 g/mol. The van der Waals surface area contributed by atoms with Crippen LogP contribution in [0.25, 0.3) is 0 Å². The summed E-state index contributed by atoms with van der Waals surface area (Å²) < 4.78 is 32.7. The molecule has 170 valence electrons. The minimum absolute atomic E-state index is 0.0405. The van der Waals surface area contributed by atoms with E-state index < -0.39 is 10.0 Å². The molecule has 1 N–H and O–H groups in total. The van der Waals surface area contributed by atoms with Crippen LogP contribution in [0.3, 0.4) is 0 Å². The Bertz CT molecular complexity index is 1280. The molecule has 0 saturated carbocycles. The Kier molecular flexibility index (Phi) is 6.44. The zero-order valence-electron chi connectivity index (χ0n) is 18.4. The topological polar surface area (TPSA) is 111 Å². The van der Waals surface area contributed by atoms with Gasteiger partial charge < -0.3 is 15.0 Å². The van der Waals surface area contributed by atoms with Gasteiger partial charge in [0, 0.05) is 43.6 Å². The lowest BCUT2D eigenvalue weighted by molar-refractivity contribution is 0.382. The lowest BCUT2D eigenvalue weighted by Gasteiger charge is -2.34. The zero-order chi connectivity index (χ0) is 23.4. The van der Waals surface area contributed by atoms with Crippen LogP contribution in [0.15, 0.2) is 59.5 Å². The highest BCUT2D eigenvalue weighted by Gasteiger charge is 2.31. The SMILES string of the molecule is COc1ccc(Nc2cc(C)nc(N3CCN(S(=O)(=O)c4ccccc4C#N)CC3)n2)cc1. The Morgan fingerprint density at radius 1 is 1.03 bits per heavy atom. The Morgan fingerprint density at radius 3 is 2.39 bits per heavy atom. The summed E-state index contributed by atoms with van der Waals surface area (Å²) in [6, 6.07) is 17.6. The Labute approximate surface area is 193 Å². The lowest BCUT2D eigenvalue weighted by Crippen LogP contribution is -2.49. The van der Waals surface area contributed by atoms with E-state index in [4.69, 9.17) is 4.74 Å². The fourth-order valence-corrected chi connectivity index (χ4v) is 5.20. The van der Waals surface area contributed by atoms with E-state index in [1.54, 1.807) is 19.2 Å².